The molecule has 0 aliphatic carbocycles. The van der Waals surface area contributed by atoms with Gasteiger partial charge in [0.2, 0.25) is 0 Å². The molecule has 2 heterocycles. The van der Waals surface area contributed by atoms with Gasteiger partial charge in [0, 0.05) is 26.2 Å². The van der Waals surface area contributed by atoms with Crippen molar-refractivity contribution in [1.29, 1.82) is 0 Å². The minimum Gasteiger partial charge on any atom is -0.444 e. The third-order valence-electron chi connectivity index (χ3n) is 2.97. The van der Waals surface area contributed by atoms with Gasteiger partial charge in [-0.3, -0.25) is 4.79 Å². The number of rotatable bonds is 1. The first-order valence-corrected chi connectivity index (χ1v) is 6.62. The molecule has 1 aromatic heterocycles. The summed E-state index contributed by atoms with van der Waals surface area (Å²) in [7, 11) is 0. The van der Waals surface area contributed by atoms with E-state index < -0.39 is 5.60 Å². The van der Waals surface area contributed by atoms with Crippen LogP contribution in [-0.4, -0.2) is 52.7 Å². The molecular formula is C13H20N4O3. The second kappa shape index (κ2) is 5.52. The number of carbonyl (C=O) groups excluding carboxylic acids is 1. The number of ether oxygens (including phenoxy) is 1. The van der Waals surface area contributed by atoms with Crippen molar-refractivity contribution < 1.29 is 9.53 Å². The molecule has 7 heteroatoms. The van der Waals surface area contributed by atoms with Gasteiger partial charge in [-0.25, -0.2) is 9.78 Å². The third-order valence-corrected chi connectivity index (χ3v) is 2.97. The SMILES string of the molecule is CC(C)(C)OC(=O)N1CCN(c2cnc[nH]c2=O)CC1. The molecule has 0 saturated carbocycles. The largest absolute Gasteiger partial charge is 0.444 e. The maximum absolute atomic E-state index is 11.9. The Labute approximate surface area is 117 Å². The van der Waals surface area contributed by atoms with Crippen LogP contribution in [0.1, 0.15) is 20.8 Å². The lowest BCUT2D eigenvalue weighted by Gasteiger charge is -2.36. The smallest absolute Gasteiger partial charge is 0.410 e. The molecule has 1 amide bonds. The van der Waals surface area contributed by atoms with E-state index in [1.807, 2.05) is 25.7 Å². The number of amides is 1. The summed E-state index contributed by atoms with van der Waals surface area (Å²) in [6.45, 7) is 7.78. The highest BCUT2D eigenvalue weighted by molar-refractivity contribution is 5.68. The van der Waals surface area contributed by atoms with Crippen LogP contribution in [0.15, 0.2) is 17.3 Å². The molecule has 20 heavy (non-hydrogen) atoms. The van der Waals surface area contributed by atoms with Crippen LogP contribution in [0.3, 0.4) is 0 Å². The number of nitrogens with zero attached hydrogens (tertiary/aromatic N) is 3. The molecule has 2 rings (SSSR count). The van der Waals surface area contributed by atoms with Gasteiger partial charge in [0.1, 0.15) is 11.3 Å². The summed E-state index contributed by atoms with van der Waals surface area (Å²) in [4.78, 5) is 33.7. The van der Waals surface area contributed by atoms with Gasteiger partial charge in [-0.05, 0) is 20.8 Å². The molecule has 1 aliphatic heterocycles. The van der Waals surface area contributed by atoms with E-state index in [9.17, 15) is 9.59 Å². The molecule has 0 aromatic carbocycles. The van der Waals surface area contributed by atoms with Gasteiger partial charge < -0.3 is 19.5 Å². The second-order valence-electron chi connectivity index (χ2n) is 5.72. The Morgan fingerprint density at radius 2 is 1.95 bits per heavy atom. The average Bonchev–Trinajstić information content (AvgIpc) is 2.37. The molecule has 1 aliphatic rings. The van der Waals surface area contributed by atoms with Gasteiger partial charge in [0.15, 0.2) is 0 Å². The Morgan fingerprint density at radius 3 is 2.50 bits per heavy atom. The van der Waals surface area contributed by atoms with Crippen molar-refractivity contribution >= 4 is 11.8 Å². The normalized spacial score (nSPS) is 16.1. The van der Waals surface area contributed by atoms with Gasteiger partial charge >= 0.3 is 6.09 Å². The lowest BCUT2D eigenvalue weighted by Crippen LogP contribution is -2.51. The first kappa shape index (κ1) is 14.4. The van der Waals surface area contributed by atoms with Crippen LogP contribution < -0.4 is 10.5 Å². The van der Waals surface area contributed by atoms with Crippen LogP contribution in [0, 0.1) is 0 Å². The lowest BCUT2D eigenvalue weighted by atomic mass is 10.2. The van der Waals surface area contributed by atoms with Crippen molar-refractivity contribution in [1.82, 2.24) is 14.9 Å². The second-order valence-corrected chi connectivity index (χ2v) is 5.72. The van der Waals surface area contributed by atoms with E-state index >= 15 is 0 Å². The third kappa shape index (κ3) is 3.49. The molecule has 1 aromatic rings. The molecule has 0 atom stereocenters. The molecular weight excluding hydrogens is 260 g/mol. The molecule has 1 fully saturated rings. The summed E-state index contributed by atoms with van der Waals surface area (Å²) < 4.78 is 5.33. The van der Waals surface area contributed by atoms with Crippen molar-refractivity contribution in [2.75, 3.05) is 31.1 Å². The van der Waals surface area contributed by atoms with Crippen molar-refractivity contribution in [3.63, 3.8) is 0 Å². The van der Waals surface area contributed by atoms with E-state index in [0.717, 1.165) is 0 Å². The summed E-state index contributed by atoms with van der Waals surface area (Å²) in [6, 6.07) is 0. The van der Waals surface area contributed by atoms with Crippen LogP contribution >= 0.6 is 0 Å². The molecule has 1 N–H and O–H groups in total. The molecule has 1 saturated heterocycles. The van der Waals surface area contributed by atoms with E-state index in [4.69, 9.17) is 4.74 Å². The Morgan fingerprint density at radius 1 is 1.30 bits per heavy atom. The van der Waals surface area contributed by atoms with Crippen molar-refractivity contribution in [3.8, 4) is 0 Å². The summed E-state index contributed by atoms with van der Waals surface area (Å²) in [5.74, 6) is 0. The molecule has 0 spiro atoms. The van der Waals surface area contributed by atoms with Gasteiger partial charge in [-0.2, -0.15) is 0 Å². The van der Waals surface area contributed by atoms with Crippen molar-refractivity contribution in [3.05, 3.63) is 22.9 Å². The zero-order chi connectivity index (χ0) is 14.8. The minimum absolute atomic E-state index is 0.161. The predicted molar refractivity (Wildman–Crippen MR) is 74.9 cm³/mol. The number of piperazine rings is 1. The number of carbonyl (C=O) groups is 1. The Kier molecular flexibility index (Phi) is 3.96. The maximum Gasteiger partial charge on any atom is 0.410 e. The molecule has 0 unspecified atom stereocenters. The molecule has 110 valence electrons. The summed E-state index contributed by atoms with van der Waals surface area (Å²) in [5.41, 5.74) is -0.114. The van der Waals surface area contributed by atoms with Crippen LogP contribution in [0.2, 0.25) is 0 Å². The molecule has 7 nitrogen and oxygen atoms in total. The van der Waals surface area contributed by atoms with E-state index in [2.05, 4.69) is 9.97 Å². The standard InChI is InChI=1S/C13H20N4O3/c1-13(2,3)20-12(19)17-6-4-16(5-7-17)10-8-14-9-15-11(10)18/h8-9H,4-7H2,1-3H3,(H,14,15,18). The minimum atomic E-state index is -0.491. The summed E-state index contributed by atoms with van der Waals surface area (Å²) in [6.07, 6.45) is 2.60. The van der Waals surface area contributed by atoms with Crippen LogP contribution in [0.5, 0.6) is 0 Å². The molecule has 0 bridgehead atoms. The van der Waals surface area contributed by atoms with Crippen LogP contribution in [-0.2, 0) is 4.74 Å². The zero-order valence-electron chi connectivity index (χ0n) is 12.0. The number of hydrogen-bond donors (Lipinski definition) is 1. The zero-order valence-corrected chi connectivity index (χ0v) is 12.0. The fourth-order valence-corrected chi connectivity index (χ4v) is 2.02. The quantitative estimate of drug-likeness (QED) is 0.824. The van der Waals surface area contributed by atoms with Crippen LogP contribution in [0.25, 0.3) is 0 Å². The van der Waals surface area contributed by atoms with E-state index in [0.29, 0.717) is 31.9 Å². The highest BCUT2D eigenvalue weighted by atomic mass is 16.6. The lowest BCUT2D eigenvalue weighted by molar-refractivity contribution is 0.0240. The van der Waals surface area contributed by atoms with Gasteiger partial charge in [0.05, 0.1) is 12.5 Å². The molecule has 0 radical (unpaired) electrons. The Hall–Kier alpha value is -2.05. The number of hydrogen-bond acceptors (Lipinski definition) is 5. The maximum atomic E-state index is 11.9. The van der Waals surface area contributed by atoms with Crippen molar-refractivity contribution in [2.45, 2.75) is 26.4 Å². The van der Waals surface area contributed by atoms with E-state index in [1.165, 1.54) is 6.33 Å². The predicted octanol–water partition coefficient (Wildman–Crippen LogP) is 0.827. The van der Waals surface area contributed by atoms with E-state index in [-0.39, 0.29) is 11.7 Å². The number of aromatic nitrogens is 2. The van der Waals surface area contributed by atoms with Crippen molar-refractivity contribution in [2.24, 2.45) is 0 Å². The number of nitrogens with one attached hydrogen (secondary N) is 1. The van der Waals surface area contributed by atoms with Gasteiger partial charge in [-0.1, -0.05) is 0 Å². The Bertz CT molecular complexity index is 527. The number of aromatic amines is 1. The average molecular weight is 280 g/mol. The first-order valence-electron chi connectivity index (χ1n) is 6.62. The van der Waals surface area contributed by atoms with Gasteiger partial charge in [-0.15, -0.1) is 0 Å². The highest BCUT2D eigenvalue weighted by Gasteiger charge is 2.26. The first-order chi connectivity index (χ1) is 9.37. The number of anilines is 1. The monoisotopic (exact) mass is 280 g/mol. The van der Waals surface area contributed by atoms with Crippen LogP contribution in [0.4, 0.5) is 10.5 Å². The highest BCUT2D eigenvalue weighted by Crippen LogP contribution is 2.14. The van der Waals surface area contributed by atoms with Gasteiger partial charge in [0.25, 0.3) is 5.56 Å². The number of H-pyrrole nitrogens is 1. The topological polar surface area (TPSA) is 78.5 Å². The fraction of sp³-hybridized carbons (Fsp3) is 0.615. The summed E-state index contributed by atoms with van der Waals surface area (Å²) >= 11 is 0. The van der Waals surface area contributed by atoms with E-state index in [1.54, 1.807) is 11.1 Å². The Balaban J connectivity index is 1.95. The summed E-state index contributed by atoms with van der Waals surface area (Å²) in [5, 5.41) is 0. The fourth-order valence-electron chi connectivity index (χ4n) is 2.02.